The smallest absolute Gasteiger partial charge is 0.234 e. The summed E-state index contributed by atoms with van der Waals surface area (Å²) in [7, 11) is 0. The first-order valence-electron chi connectivity index (χ1n) is 9.38. The number of amides is 1. The molecule has 28 heavy (non-hydrogen) atoms. The third-order valence-corrected chi connectivity index (χ3v) is 5.48. The van der Waals surface area contributed by atoms with Gasteiger partial charge in [0.05, 0.1) is 11.5 Å². The molecule has 0 saturated carbocycles. The molecule has 1 aromatic carbocycles. The van der Waals surface area contributed by atoms with Gasteiger partial charge in [-0.05, 0) is 25.0 Å². The van der Waals surface area contributed by atoms with Crippen molar-refractivity contribution < 1.29 is 9.32 Å². The second-order valence-corrected chi connectivity index (χ2v) is 7.74. The highest BCUT2D eigenvalue weighted by Crippen LogP contribution is 2.25. The van der Waals surface area contributed by atoms with E-state index in [2.05, 4.69) is 30.2 Å². The minimum absolute atomic E-state index is 0.0672. The van der Waals surface area contributed by atoms with Crippen molar-refractivity contribution >= 4 is 23.4 Å². The summed E-state index contributed by atoms with van der Waals surface area (Å²) in [6.07, 6.45) is 4.50. The number of hydrogen-bond acceptors (Lipinski definition) is 7. The van der Waals surface area contributed by atoms with Gasteiger partial charge in [-0.2, -0.15) is 4.98 Å². The van der Waals surface area contributed by atoms with E-state index in [-0.39, 0.29) is 5.91 Å². The number of rotatable bonds is 6. The first kappa shape index (κ1) is 18.7. The second-order valence-electron chi connectivity index (χ2n) is 6.75. The van der Waals surface area contributed by atoms with Gasteiger partial charge in [0.1, 0.15) is 5.82 Å². The fourth-order valence-corrected chi connectivity index (χ4v) is 3.93. The Balaban J connectivity index is 1.38. The summed E-state index contributed by atoms with van der Waals surface area (Å²) < 4.78 is 7.13. The number of aryl methyl sites for hydroxylation is 2. The molecule has 3 aromatic rings. The zero-order valence-electron chi connectivity index (χ0n) is 15.7. The molecule has 0 atom stereocenters. The molecule has 0 saturated heterocycles. The van der Waals surface area contributed by atoms with Crippen molar-refractivity contribution in [3.8, 4) is 11.4 Å². The fourth-order valence-electron chi connectivity index (χ4n) is 3.27. The van der Waals surface area contributed by atoms with Gasteiger partial charge in [0.15, 0.2) is 11.6 Å². The number of thioether (sulfide) groups is 1. The van der Waals surface area contributed by atoms with Crippen LogP contribution in [0.3, 0.4) is 0 Å². The first-order chi connectivity index (χ1) is 13.7. The maximum Gasteiger partial charge on any atom is 0.234 e. The van der Waals surface area contributed by atoms with Crippen molar-refractivity contribution in [3.63, 3.8) is 0 Å². The Morgan fingerprint density at radius 3 is 3.07 bits per heavy atom. The summed E-state index contributed by atoms with van der Waals surface area (Å²) in [4.78, 5) is 16.4. The van der Waals surface area contributed by atoms with Crippen LogP contribution in [0.5, 0.6) is 0 Å². The predicted octanol–water partition coefficient (Wildman–Crippen LogP) is 3.23. The summed E-state index contributed by atoms with van der Waals surface area (Å²) in [5.41, 5.74) is 1.72. The molecule has 9 heteroatoms. The van der Waals surface area contributed by atoms with Gasteiger partial charge in [-0.1, -0.05) is 23.7 Å². The lowest BCUT2D eigenvalue weighted by atomic mass is 10.2. The van der Waals surface area contributed by atoms with Gasteiger partial charge >= 0.3 is 0 Å². The lowest BCUT2D eigenvalue weighted by molar-refractivity contribution is -0.113. The van der Waals surface area contributed by atoms with E-state index >= 15 is 0 Å². The number of nitrogens with one attached hydrogen (secondary N) is 1. The van der Waals surface area contributed by atoms with Gasteiger partial charge in [0, 0.05) is 31.1 Å². The van der Waals surface area contributed by atoms with Crippen LogP contribution in [0.1, 0.15) is 36.8 Å². The number of anilines is 1. The normalized spacial score (nSPS) is 13.8. The van der Waals surface area contributed by atoms with Crippen LogP contribution in [0.15, 0.2) is 28.8 Å². The summed E-state index contributed by atoms with van der Waals surface area (Å²) in [6.45, 7) is 2.69. The predicted molar refractivity (Wildman–Crippen MR) is 107 cm³/mol. The summed E-state index contributed by atoms with van der Waals surface area (Å²) in [5.74, 6) is 3.84. The molecule has 8 nitrogen and oxygen atoms in total. The van der Waals surface area contributed by atoms with Crippen molar-refractivity contribution in [2.24, 2.45) is 0 Å². The molecule has 1 amide bonds. The van der Waals surface area contributed by atoms with Crippen LogP contribution in [0.4, 0.5) is 5.69 Å². The van der Waals surface area contributed by atoms with E-state index in [0.717, 1.165) is 48.7 Å². The molecular weight excluding hydrogens is 376 g/mol. The van der Waals surface area contributed by atoms with E-state index in [1.165, 1.54) is 18.2 Å². The largest absolute Gasteiger partial charge is 0.340 e. The highest BCUT2D eigenvalue weighted by atomic mass is 32.2. The Labute approximate surface area is 167 Å². The minimum atomic E-state index is -0.0672. The van der Waals surface area contributed by atoms with E-state index in [1.54, 1.807) is 6.92 Å². The first-order valence-corrected chi connectivity index (χ1v) is 10.5. The SMILES string of the molecule is Cc1nc(CSCC(=O)Nc2cccc(-c3nnc4n3CCCCC4)c2)no1. The van der Waals surface area contributed by atoms with Gasteiger partial charge in [-0.25, -0.2) is 0 Å². The summed E-state index contributed by atoms with van der Waals surface area (Å²) in [6, 6.07) is 7.77. The molecule has 1 aliphatic heterocycles. The Bertz CT molecular complexity index is 967. The molecule has 3 heterocycles. The Kier molecular flexibility index (Phi) is 5.70. The zero-order valence-corrected chi connectivity index (χ0v) is 16.5. The maximum absolute atomic E-state index is 12.3. The second kappa shape index (κ2) is 8.55. The summed E-state index contributed by atoms with van der Waals surface area (Å²) >= 11 is 1.45. The van der Waals surface area contributed by atoms with Crippen LogP contribution in [0, 0.1) is 6.92 Å². The van der Waals surface area contributed by atoms with Crippen LogP contribution in [0.25, 0.3) is 11.4 Å². The van der Waals surface area contributed by atoms with Crippen molar-refractivity contribution in [2.75, 3.05) is 11.1 Å². The molecule has 0 spiro atoms. The number of carbonyl (C=O) groups is 1. The zero-order chi connectivity index (χ0) is 19.3. The van der Waals surface area contributed by atoms with E-state index in [4.69, 9.17) is 4.52 Å². The molecule has 0 radical (unpaired) electrons. The quantitative estimate of drug-likeness (QED) is 0.680. The van der Waals surface area contributed by atoms with E-state index in [1.807, 2.05) is 24.3 Å². The molecule has 0 fully saturated rings. The van der Waals surface area contributed by atoms with Gasteiger partial charge in [0.2, 0.25) is 11.8 Å². The Hall–Kier alpha value is -2.68. The number of aromatic nitrogens is 5. The van der Waals surface area contributed by atoms with Gasteiger partial charge in [0.25, 0.3) is 0 Å². The van der Waals surface area contributed by atoms with Gasteiger partial charge < -0.3 is 14.4 Å². The number of benzene rings is 1. The van der Waals surface area contributed by atoms with Crippen LogP contribution < -0.4 is 5.32 Å². The number of nitrogens with zero attached hydrogens (tertiary/aromatic N) is 5. The van der Waals surface area contributed by atoms with Crippen molar-refractivity contribution in [2.45, 2.75) is 44.9 Å². The molecule has 0 bridgehead atoms. The third-order valence-electron chi connectivity index (χ3n) is 4.55. The number of fused-ring (bicyclic) bond motifs is 1. The van der Waals surface area contributed by atoms with Crippen LogP contribution >= 0.6 is 11.8 Å². The molecule has 2 aromatic heterocycles. The average Bonchev–Trinajstić information content (AvgIpc) is 3.21. The van der Waals surface area contributed by atoms with E-state index in [0.29, 0.717) is 23.2 Å². The van der Waals surface area contributed by atoms with E-state index < -0.39 is 0 Å². The molecule has 4 rings (SSSR count). The summed E-state index contributed by atoms with van der Waals surface area (Å²) in [5, 5.41) is 15.5. The van der Waals surface area contributed by atoms with Crippen molar-refractivity contribution in [1.29, 1.82) is 0 Å². The van der Waals surface area contributed by atoms with Crippen molar-refractivity contribution in [3.05, 3.63) is 41.8 Å². The van der Waals surface area contributed by atoms with Crippen molar-refractivity contribution in [1.82, 2.24) is 24.9 Å². The fraction of sp³-hybridized carbons (Fsp3) is 0.421. The van der Waals surface area contributed by atoms with Crippen LogP contribution in [-0.4, -0.2) is 36.6 Å². The van der Waals surface area contributed by atoms with Gasteiger partial charge in [-0.3, -0.25) is 4.79 Å². The topological polar surface area (TPSA) is 98.7 Å². The molecular formula is C19H22N6O2S. The van der Waals surface area contributed by atoms with Gasteiger partial charge in [-0.15, -0.1) is 22.0 Å². The average molecular weight is 398 g/mol. The molecule has 1 N–H and O–H groups in total. The highest BCUT2D eigenvalue weighted by molar-refractivity contribution is 7.99. The lowest BCUT2D eigenvalue weighted by Gasteiger charge is -2.09. The molecule has 0 aliphatic carbocycles. The highest BCUT2D eigenvalue weighted by Gasteiger charge is 2.16. The number of carbonyl (C=O) groups excluding carboxylic acids is 1. The molecule has 0 unspecified atom stereocenters. The standard InChI is InChI=1S/C19H22N6O2S/c1-13-20-16(24-27-13)11-28-12-18(26)21-15-7-5-6-14(10-15)19-23-22-17-8-3-2-4-9-25(17)19/h5-7,10H,2-4,8-9,11-12H2,1H3,(H,21,26). The third kappa shape index (κ3) is 4.41. The number of hydrogen-bond donors (Lipinski definition) is 1. The van der Waals surface area contributed by atoms with E-state index in [9.17, 15) is 4.79 Å². The molecule has 1 aliphatic rings. The maximum atomic E-state index is 12.3. The monoisotopic (exact) mass is 398 g/mol. The van der Waals surface area contributed by atoms with Crippen LogP contribution in [0.2, 0.25) is 0 Å². The lowest BCUT2D eigenvalue weighted by Crippen LogP contribution is -2.14. The van der Waals surface area contributed by atoms with Crippen LogP contribution in [-0.2, 0) is 23.5 Å². The Morgan fingerprint density at radius 2 is 2.21 bits per heavy atom. The minimum Gasteiger partial charge on any atom is -0.340 e. The Morgan fingerprint density at radius 1 is 1.29 bits per heavy atom. The molecule has 146 valence electrons.